The first-order chi connectivity index (χ1) is 12.2. The fraction of sp³-hybridized carbons (Fsp3) is 0.0526. The Morgan fingerprint density at radius 2 is 1.92 bits per heavy atom. The predicted molar refractivity (Wildman–Crippen MR) is 93.2 cm³/mol. The van der Waals surface area contributed by atoms with Gasteiger partial charge in [0.1, 0.15) is 5.75 Å². The smallest absolute Gasteiger partial charge is 0.271 e. The van der Waals surface area contributed by atoms with Crippen molar-refractivity contribution in [1.82, 2.24) is 5.43 Å². The van der Waals surface area contributed by atoms with Crippen molar-refractivity contribution in [2.45, 2.75) is 0 Å². The van der Waals surface area contributed by atoms with Crippen LogP contribution in [-0.4, -0.2) is 24.0 Å². The summed E-state index contributed by atoms with van der Waals surface area (Å²) in [4.78, 5) is 12.1. The highest BCUT2D eigenvalue weighted by molar-refractivity contribution is 5.98. The van der Waals surface area contributed by atoms with Gasteiger partial charge in [0.25, 0.3) is 5.91 Å². The summed E-state index contributed by atoms with van der Waals surface area (Å²) in [6.07, 6.45) is 1.41. The summed E-state index contributed by atoms with van der Waals surface area (Å²) >= 11 is 0. The molecule has 0 aromatic heterocycles. The summed E-state index contributed by atoms with van der Waals surface area (Å²) in [5, 5.41) is 15.9. The number of carbonyl (C=O) groups is 1. The van der Waals surface area contributed by atoms with Crippen molar-refractivity contribution in [3.63, 3.8) is 0 Å². The van der Waals surface area contributed by atoms with Gasteiger partial charge in [-0.3, -0.25) is 4.79 Å². The van der Waals surface area contributed by atoms with Crippen LogP contribution in [0.2, 0.25) is 0 Å². The molecule has 6 nitrogen and oxygen atoms in total. The molecule has 0 aliphatic carbocycles. The Balaban J connectivity index is 1.51. The second-order valence-corrected chi connectivity index (χ2v) is 5.49. The SMILES string of the molecule is O=C(NN=Cc1ccc2ccccc2c1O)c1ccc2c(c1)OCO2. The van der Waals surface area contributed by atoms with E-state index in [0.29, 0.717) is 22.6 Å². The maximum absolute atomic E-state index is 12.1. The normalized spacial score (nSPS) is 12.6. The van der Waals surface area contributed by atoms with E-state index in [1.165, 1.54) is 6.21 Å². The second kappa shape index (κ2) is 6.16. The van der Waals surface area contributed by atoms with Gasteiger partial charge in [0.15, 0.2) is 11.5 Å². The minimum atomic E-state index is -0.380. The molecule has 6 heteroatoms. The summed E-state index contributed by atoms with van der Waals surface area (Å²) in [6.45, 7) is 0.153. The molecule has 0 saturated carbocycles. The molecule has 2 N–H and O–H groups in total. The summed E-state index contributed by atoms with van der Waals surface area (Å²) in [5.41, 5.74) is 3.36. The van der Waals surface area contributed by atoms with E-state index < -0.39 is 0 Å². The van der Waals surface area contributed by atoms with Crippen LogP contribution in [0.1, 0.15) is 15.9 Å². The highest BCUT2D eigenvalue weighted by Crippen LogP contribution is 2.32. The Labute approximate surface area is 143 Å². The van der Waals surface area contributed by atoms with Crippen LogP contribution in [0.25, 0.3) is 10.8 Å². The fourth-order valence-electron chi connectivity index (χ4n) is 2.64. The van der Waals surface area contributed by atoms with E-state index in [1.54, 1.807) is 24.3 Å². The predicted octanol–water partition coefficient (Wildman–Crippen LogP) is 3.04. The highest BCUT2D eigenvalue weighted by atomic mass is 16.7. The number of rotatable bonds is 3. The lowest BCUT2D eigenvalue weighted by Gasteiger charge is -2.04. The first-order valence-electron chi connectivity index (χ1n) is 7.66. The molecule has 0 spiro atoms. The lowest BCUT2D eigenvalue weighted by molar-refractivity contribution is 0.0954. The lowest BCUT2D eigenvalue weighted by Crippen LogP contribution is -2.17. The first kappa shape index (κ1) is 15.0. The van der Waals surface area contributed by atoms with Gasteiger partial charge in [-0.2, -0.15) is 5.10 Å². The molecule has 4 rings (SSSR count). The van der Waals surface area contributed by atoms with Crippen LogP contribution in [-0.2, 0) is 0 Å². The molecule has 25 heavy (non-hydrogen) atoms. The fourth-order valence-corrected chi connectivity index (χ4v) is 2.64. The molecule has 3 aromatic rings. The molecular formula is C19H14N2O4. The number of phenolic OH excluding ortho intramolecular Hbond substituents is 1. The Bertz CT molecular complexity index is 998. The Hall–Kier alpha value is -3.54. The van der Waals surface area contributed by atoms with Gasteiger partial charge in [-0.05, 0) is 29.7 Å². The molecule has 0 radical (unpaired) electrons. The van der Waals surface area contributed by atoms with E-state index in [2.05, 4.69) is 10.5 Å². The van der Waals surface area contributed by atoms with Crippen LogP contribution in [0.5, 0.6) is 17.2 Å². The third-order valence-electron chi connectivity index (χ3n) is 3.94. The molecule has 0 fully saturated rings. The number of ether oxygens (including phenoxy) is 2. The molecule has 0 atom stereocenters. The monoisotopic (exact) mass is 334 g/mol. The van der Waals surface area contributed by atoms with Crippen molar-refractivity contribution in [2.24, 2.45) is 5.10 Å². The topological polar surface area (TPSA) is 80.2 Å². The molecule has 0 saturated heterocycles. The summed E-state index contributed by atoms with van der Waals surface area (Å²) in [7, 11) is 0. The largest absolute Gasteiger partial charge is 0.507 e. The van der Waals surface area contributed by atoms with Crippen molar-refractivity contribution >= 4 is 22.9 Å². The zero-order chi connectivity index (χ0) is 17.2. The van der Waals surface area contributed by atoms with Gasteiger partial charge in [-0.15, -0.1) is 0 Å². The average molecular weight is 334 g/mol. The zero-order valence-electron chi connectivity index (χ0n) is 13.1. The van der Waals surface area contributed by atoms with E-state index in [-0.39, 0.29) is 18.4 Å². The highest BCUT2D eigenvalue weighted by Gasteiger charge is 2.15. The van der Waals surface area contributed by atoms with Gasteiger partial charge in [0.05, 0.1) is 6.21 Å². The molecule has 0 bridgehead atoms. The number of aromatic hydroxyl groups is 1. The van der Waals surface area contributed by atoms with Crippen LogP contribution < -0.4 is 14.9 Å². The molecule has 3 aromatic carbocycles. The number of phenols is 1. The summed E-state index contributed by atoms with van der Waals surface area (Å²) in [5.74, 6) is 0.888. The van der Waals surface area contributed by atoms with Crippen molar-refractivity contribution in [3.05, 3.63) is 65.7 Å². The van der Waals surface area contributed by atoms with Crippen LogP contribution in [0.4, 0.5) is 0 Å². The lowest BCUT2D eigenvalue weighted by atomic mass is 10.1. The summed E-state index contributed by atoms with van der Waals surface area (Å²) < 4.78 is 10.5. The van der Waals surface area contributed by atoms with Gasteiger partial charge in [-0.1, -0.05) is 30.3 Å². The Morgan fingerprint density at radius 1 is 1.08 bits per heavy atom. The molecule has 1 aliphatic rings. The van der Waals surface area contributed by atoms with Crippen LogP contribution in [0, 0.1) is 0 Å². The maximum Gasteiger partial charge on any atom is 0.271 e. The first-order valence-corrected chi connectivity index (χ1v) is 7.66. The average Bonchev–Trinajstić information content (AvgIpc) is 3.11. The number of hydrazone groups is 1. The van der Waals surface area contributed by atoms with Gasteiger partial charge < -0.3 is 14.6 Å². The minimum absolute atomic E-state index is 0.124. The molecule has 1 amide bonds. The van der Waals surface area contributed by atoms with Crippen molar-refractivity contribution in [2.75, 3.05) is 6.79 Å². The van der Waals surface area contributed by atoms with E-state index >= 15 is 0 Å². The third-order valence-corrected chi connectivity index (χ3v) is 3.94. The van der Waals surface area contributed by atoms with E-state index in [0.717, 1.165) is 10.8 Å². The van der Waals surface area contributed by atoms with Gasteiger partial charge in [0.2, 0.25) is 6.79 Å². The van der Waals surface area contributed by atoms with Gasteiger partial charge in [0, 0.05) is 16.5 Å². The standard InChI is InChI=1S/C19H14N2O4/c22-18-14(6-5-12-3-1-2-4-15(12)18)10-20-21-19(23)13-7-8-16-17(9-13)25-11-24-16/h1-10,22H,11H2,(H,21,23). The van der Waals surface area contributed by atoms with Crippen LogP contribution >= 0.6 is 0 Å². The van der Waals surface area contributed by atoms with Gasteiger partial charge >= 0.3 is 0 Å². The molecule has 124 valence electrons. The zero-order valence-corrected chi connectivity index (χ0v) is 13.1. The number of fused-ring (bicyclic) bond motifs is 2. The van der Waals surface area contributed by atoms with Crippen LogP contribution in [0.15, 0.2) is 59.7 Å². The molecule has 0 unspecified atom stereocenters. The third kappa shape index (κ3) is 2.85. The van der Waals surface area contributed by atoms with E-state index in [1.807, 2.05) is 30.3 Å². The number of benzene rings is 3. The minimum Gasteiger partial charge on any atom is -0.507 e. The quantitative estimate of drug-likeness (QED) is 0.570. The Kier molecular flexibility index (Phi) is 3.70. The summed E-state index contributed by atoms with van der Waals surface area (Å²) in [6, 6.07) is 16.0. The number of amides is 1. The van der Waals surface area contributed by atoms with Crippen molar-refractivity contribution < 1.29 is 19.4 Å². The number of nitrogens with one attached hydrogen (secondary N) is 1. The van der Waals surface area contributed by atoms with Crippen molar-refractivity contribution in [3.8, 4) is 17.2 Å². The number of carbonyl (C=O) groups excluding carboxylic acids is 1. The number of nitrogens with zero attached hydrogens (tertiary/aromatic N) is 1. The number of hydrogen-bond donors (Lipinski definition) is 2. The molecule has 1 heterocycles. The van der Waals surface area contributed by atoms with E-state index in [9.17, 15) is 9.90 Å². The maximum atomic E-state index is 12.1. The van der Waals surface area contributed by atoms with Crippen LogP contribution in [0.3, 0.4) is 0 Å². The number of hydrogen-bond acceptors (Lipinski definition) is 5. The van der Waals surface area contributed by atoms with Gasteiger partial charge in [-0.25, -0.2) is 5.43 Å². The van der Waals surface area contributed by atoms with Crippen molar-refractivity contribution in [1.29, 1.82) is 0 Å². The molecule has 1 aliphatic heterocycles. The van der Waals surface area contributed by atoms with E-state index in [4.69, 9.17) is 9.47 Å². The Morgan fingerprint density at radius 3 is 2.84 bits per heavy atom. The molecular weight excluding hydrogens is 320 g/mol. The second-order valence-electron chi connectivity index (χ2n) is 5.49.